The lowest BCUT2D eigenvalue weighted by Gasteiger charge is -2.25. The fraction of sp³-hybridized carbons (Fsp3) is 0.667. The van der Waals surface area contributed by atoms with Crippen molar-refractivity contribution in [2.75, 3.05) is 18.0 Å². The first-order valence-electron chi connectivity index (χ1n) is 8.30. The van der Waals surface area contributed by atoms with Crippen molar-refractivity contribution in [1.82, 2.24) is 5.32 Å². The maximum Gasteiger partial charge on any atom is 0.125 e. The highest BCUT2D eigenvalue weighted by Gasteiger charge is 2.24. The quantitative estimate of drug-likeness (QED) is 0.898. The van der Waals surface area contributed by atoms with Crippen LogP contribution >= 0.6 is 0 Å². The standard InChI is InChI=1S/C18H27FN2/c1-18(2)6-3-8-21(9-7-18)17-11-14(10-15(19)12-17)13-20-16-4-5-16/h10-12,16,20H,3-9,13H2,1-2H3. The van der Waals surface area contributed by atoms with Gasteiger partial charge in [0.25, 0.3) is 0 Å². The summed E-state index contributed by atoms with van der Waals surface area (Å²) in [6.07, 6.45) is 6.17. The summed E-state index contributed by atoms with van der Waals surface area (Å²) in [5, 5.41) is 3.47. The Kier molecular flexibility index (Phi) is 4.21. The smallest absolute Gasteiger partial charge is 0.125 e. The van der Waals surface area contributed by atoms with E-state index in [1.165, 1.54) is 32.1 Å². The van der Waals surface area contributed by atoms with Crippen LogP contribution in [0, 0.1) is 11.2 Å². The van der Waals surface area contributed by atoms with Gasteiger partial charge in [0.1, 0.15) is 5.82 Å². The van der Waals surface area contributed by atoms with Crippen molar-refractivity contribution in [3.05, 3.63) is 29.6 Å². The minimum atomic E-state index is -0.108. The van der Waals surface area contributed by atoms with Gasteiger partial charge in [-0.25, -0.2) is 4.39 Å². The Morgan fingerprint density at radius 1 is 1.19 bits per heavy atom. The molecule has 21 heavy (non-hydrogen) atoms. The van der Waals surface area contributed by atoms with Gasteiger partial charge in [0.15, 0.2) is 0 Å². The molecule has 0 bridgehead atoms. The van der Waals surface area contributed by atoms with E-state index in [0.29, 0.717) is 11.5 Å². The number of anilines is 1. The molecule has 1 aliphatic heterocycles. The summed E-state index contributed by atoms with van der Waals surface area (Å²) in [4.78, 5) is 2.36. The Morgan fingerprint density at radius 2 is 2.00 bits per heavy atom. The van der Waals surface area contributed by atoms with Gasteiger partial charge >= 0.3 is 0 Å². The van der Waals surface area contributed by atoms with Crippen LogP contribution in [0.25, 0.3) is 0 Å². The number of halogens is 1. The van der Waals surface area contributed by atoms with E-state index in [9.17, 15) is 4.39 Å². The van der Waals surface area contributed by atoms with Crippen LogP contribution < -0.4 is 10.2 Å². The number of rotatable bonds is 4. The zero-order valence-corrected chi connectivity index (χ0v) is 13.3. The summed E-state index contributed by atoms with van der Waals surface area (Å²) in [6.45, 7) is 7.54. The molecule has 1 saturated carbocycles. The third-order valence-electron chi connectivity index (χ3n) is 4.82. The number of nitrogens with zero attached hydrogens (tertiary/aromatic N) is 1. The monoisotopic (exact) mass is 290 g/mol. The van der Waals surface area contributed by atoms with Crippen LogP contribution in [0.1, 0.15) is 51.5 Å². The lowest BCUT2D eigenvalue weighted by Crippen LogP contribution is -2.25. The van der Waals surface area contributed by atoms with E-state index >= 15 is 0 Å². The molecular weight excluding hydrogens is 263 g/mol. The summed E-state index contributed by atoms with van der Waals surface area (Å²) in [7, 11) is 0. The Labute approximate surface area is 127 Å². The van der Waals surface area contributed by atoms with Crippen LogP contribution in [0.3, 0.4) is 0 Å². The second kappa shape index (κ2) is 5.96. The van der Waals surface area contributed by atoms with Crippen molar-refractivity contribution >= 4 is 5.69 Å². The molecule has 0 radical (unpaired) electrons. The molecule has 116 valence electrons. The Hall–Kier alpha value is -1.09. The van der Waals surface area contributed by atoms with E-state index in [-0.39, 0.29) is 5.82 Å². The third-order valence-corrected chi connectivity index (χ3v) is 4.82. The van der Waals surface area contributed by atoms with E-state index in [1.807, 2.05) is 0 Å². The maximum absolute atomic E-state index is 13.9. The molecule has 1 heterocycles. The molecule has 1 N–H and O–H groups in total. The molecule has 1 aromatic carbocycles. The van der Waals surface area contributed by atoms with Gasteiger partial charge in [-0.05, 0) is 61.3 Å². The zero-order valence-electron chi connectivity index (χ0n) is 13.3. The van der Waals surface area contributed by atoms with E-state index in [0.717, 1.165) is 30.9 Å². The zero-order chi connectivity index (χ0) is 14.9. The molecule has 1 aromatic rings. The van der Waals surface area contributed by atoms with Crippen molar-refractivity contribution in [3.63, 3.8) is 0 Å². The molecule has 0 atom stereocenters. The van der Waals surface area contributed by atoms with Gasteiger partial charge in [-0.3, -0.25) is 0 Å². The van der Waals surface area contributed by atoms with E-state index in [4.69, 9.17) is 0 Å². The van der Waals surface area contributed by atoms with Crippen LogP contribution in [-0.2, 0) is 6.54 Å². The third kappa shape index (κ3) is 4.19. The van der Waals surface area contributed by atoms with Crippen LogP contribution in [0.15, 0.2) is 18.2 Å². The Balaban J connectivity index is 1.70. The summed E-state index contributed by atoms with van der Waals surface area (Å²) in [6, 6.07) is 6.19. The lowest BCUT2D eigenvalue weighted by atomic mass is 9.85. The minimum Gasteiger partial charge on any atom is -0.371 e. The average Bonchev–Trinajstić information content (AvgIpc) is 3.23. The first-order valence-corrected chi connectivity index (χ1v) is 8.30. The fourth-order valence-electron chi connectivity index (χ4n) is 3.15. The summed E-state index contributed by atoms with van der Waals surface area (Å²) < 4.78 is 13.9. The number of nitrogens with one attached hydrogen (secondary N) is 1. The predicted molar refractivity (Wildman–Crippen MR) is 86.1 cm³/mol. The largest absolute Gasteiger partial charge is 0.371 e. The van der Waals surface area contributed by atoms with E-state index in [1.54, 1.807) is 12.1 Å². The normalized spacial score (nSPS) is 22.1. The molecule has 2 fully saturated rings. The van der Waals surface area contributed by atoms with Crippen LogP contribution in [0.5, 0.6) is 0 Å². The lowest BCUT2D eigenvalue weighted by molar-refractivity contribution is 0.325. The van der Waals surface area contributed by atoms with Gasteiger partial charge in [-0.2, -0.15) is 0 Å². The molecule has 0 spiro atoms. The van der Waals surface area contributed by atoms with E-state index in [2.05, 4.69) is 30.1 Å². The average molecular weight is 290 g/mol. The first kappa shape index (κ1) is 14.8. The van der Waals surface area contributed by atoms with E-state index < -0.39 is 0 Å². The van der Waals surface area contributed by atoms with Gasteiger partial charge < -0.3 is 10.2 Å². The Morgan fingerprint density at radius 3 is 2.76 bits per heavy atom. The second-order valence-electron chi connectivity index (χ2n) is 7.48. The second-order valence-corrected chi connectivity index (χ2v) is 7.48. The van der Waals surface area contributed by atoms with Crippen molar-refractivity contribution in [3.8, 4) is 0 Å². The van der Waals surface area contributed by atoms with Crippen molar-refractivity contribution in [2.24, 2.45) is 5.41 Å². The van der Waals surface area contributed by atoms with Crippen molar-refractivity contribution in [2.45, 2.75) is 58.5 Å². The number of hydrogen-bond acceptors (Lipinski definition) is 2. The molecule has 3 rings (SSSR count). The highest BCUT2D eigenvalue weighted by molar-refractivity contribution is 5.49. The molecule has 2 aliphatic rings. The van der Waals surface area contributed by atoms with Crippen LogP contribution in [0.4, 0.5) is 10.1 Å². The van der Waals surface area contributed by atoms with Gasteiger partial charge in [0.2, 0.25) is 0 Å². The van der Waals surface area contributed by atoms with Crippen LogP contribution in [0.2, 0.25) is 0 Å². The van der Waals surface area contributed by atoms with Crippen molar-refractivity contribution < 1.29 is 4.39 Å². The predicted octanol–water partition coefficient (Wildman–Crippen LogP) is 4.09. The SMILES string of the molecule is CC1(C)CCCN(c2cc(F)cc(CNC3CC3)c2)CC1. The molecule has 2 nitrogen and oxygen atoms in total. The van der Waals surface area contributed by atoms with Gasteiger partial charge in [-0.1, -0.05) is 13.8 Å². The van der Waals surface area contributed by atoms with Crippen LogP contribution in [-0.4, -0.2) is 19.1 Å². The molecule has 0 aromatic heterocycles. The molecule has 1 saturated heterocycles. The maximum atomic E-state index is 13.9. The molecule has 1 aliphatic carbocycles. The molecular formula is C18H27FN2. The Bertz CT molecular complexity index is 494. The molecule has 0 unspecified atom stereocenters. The summed E-state index contributed by atoms with van der Waals surface area (Å²) in [5.41, 5.74) is 2.54. The van der Waals surface area contributed by atoms with Gasteiger partial charge in [0, 0.05) is 31.4 Å². The van der Waals surface area contributed by atoms with Gasteiger partial charge in [0.05, 0.1) is 0 Å². The number of hydrogen-bond donors (Lipinski definition) is 1. The van der Waals surface area contributed by atoms with Gasteiger partial charge in [-0.15, -0.1) is 0 Å². The van der Waals surface area contributed by atoms with Crippen molar-refractivity contribution in [1.29, 1.82) is 0 Å². The molecule has 0 amide bonds. The summed E-state index contributed by atoms with van der Waals surface area (Å²) >= 11 is 0. The molecule has 3 heteroatoms. The fourth-order valence-corrected chi connectivity index (χ4v) is 3.15. The minimum absolute atomic E-state index is 0.108. The highest BCUT2D eigenvalue weighted by Crippen LogP contribution is 2.32. The number of benzene rings is 1. The highest BCUT2D eigenvalue weighted by atomic mass is 19.1. The topological polar surface area (TPSA) is 15.3 Å². The summed E-state index contributed by atoms with van der Waals surface area (Å²) in [5.74, 6) is -0.108. The first-order chi connectivity index (χ1) is 10.0.